The third kappa shape index (κ3) is 5.57. The molecule has 0 atom stereocenters. The number of carbonyl (C=O) groups is 1. The van der Waals surface area contributed by atoms with Gasteiger partial charge >= 0.3 is 0 Å². The molecule has 1 aromatic rings. The summed E-state index contributed by atoms with van der Waals surface area (Å²) < 4.78 is 0. The van der Waals surface area contributed by atoms with Crippen LogP contribution in [0.15, 0.2) is 35.9 Å². The highest BCUT2D eigenvalue weighted by Gasteiger charge is 2.07. The predicted octanol–water partition coefficient (Wildman–Crippen LogP) is 2.94. The maximum absolute atomic E-state index is 12.1. The number of hydrogen-bond acceptors (Lipinski definition) is 2. The summed E-state index contributed by atoms with van der Waals surface area (Å²) in [4.78, 5) is 14.4. The van der Waals surface area contributed by atoms with Crippen LogP contribution >= 0.6 is 0 Å². The number of likely N-dealkylation sites (N-methyl/N-ethyl adjacent to an activating group) is 1. The van der Waals surface area contributed by atoms with Crippen molar-refractivity contribution in [1.82, 2.24) is 10.2 Å². The van der Waals surface area contributed by atoms with Gasteiger partial charge < -0.3 is 10.2 Å². The highest BCUT2D eigenvalue weighted by Crippen LogP contribution is 2.09. The molecule has 0 aliphatic carbocycles. The van der Waals surface area contributed by atoms with Gasteiger partial charge in [-0.25, -0.2) is 0 Å². The van der Waals surface area contributed by atoms with E-state index in [1.165, 1.54) is 0 Å². The molecule has 110 valence electrons. The maximum atomic E-state index is 12.1. The molecule has 3 heteroatoms. The Balaban J connectivity index is 2.53. The molecule has 0 fully saturated rings. The highest BCUT2D eigenvalue weighted by atomic mass is 16.1. The summed E-state index contributed by atoms with van der Waals surface area (Å²) in [5.74, 6) is 0.0449. The van der Waals surface area contributed by atoms with Crippen LogP contribution in [-0.4, -0.2) is 37.0 Å². The lowest BCUT2D eigenvalue weighted by Crippen LogP contribution is -2.35. The SMILES string of the molecule is CCC(=Cc1ccccc1)C(=O)NCCN(CC)CC. The van der Waals surface area contributed by atoms with Crippen molar-refractivity contribution in [2.75, 3.05) is 26.2 Å². The molecule has 0 bridgehead atoms. The van der Waals surface area contributed by atoms with Gasteiger partial charge in [0.15, 0.2) is 0 Å². The molecule has 1 N–H and O–H groups in total. The summed E-state index contributed by atoms with van der Waals surface area (Å²) in [6, 6.07) is 9.97. The highest BCUT2D eigenvalue weighted by molar-refractivity contribution is 5.97. The Hall–Kier alpha value is -1.61. The lowest BCUT2D eigenvalue weighted by molar-refractivity contribution is -0.117. The van der Waals surface area contributed by atoms with Crippen molar-refractivity contribution in [2.24, 2.45) is 0 Å². The minimum atomic E-state index is 0.0449. The van der Waals surface area contributed by atoms with Gasteiger partial charge in [-0.2, -0.15) is 0 Å². The Morgan fingerprint density at radius 2 is 1.80 bits per heavy atom. The van der Waals surface area contributed by atoms with Crippen LogP contribution in [0.25, 0.3) is 6.08 Å². The molecular formula is C17H26N2O. The average molecular weight is 274 g/mol. The monoisotopic (exact) mass is 274 g/mol. The third-order valence-corrected chi connectivity index (χ3v) is 3.42. The van der Waals surface area contributed by atoms with Crippen LogP contribution in [0.5, 0.6) is 0 Å². The third-order valence-electron chi connectivity index (χ3n) is 3.42. The van der Waals surface area contributed by atoms with E-state index in [4.69, 9.17) is 0 Å². The summed E-state index contributed by atoms with van der Waals surface area (Å²) in [5, 5.41) is 3.00. The van der Waals surface area contributed by atoms with E-state index in [9.17, 15) is 4.79 Å². The summed E-state index contributed by atoms with van der Waals surface area (Å²) in [7, 11) is 0. The molecule has 1 aromatic carbocycles. The second-order valence-corrected chi connectivity index (χ2v) is 4.72. The van der Waals surface area contributed by atoms with E-state index in [0.29, 0.717) is 6.54 Å². The molecule has 0 aromatic heterocycles. The first-order valence-electron chi connectivity index (χ1n) is 7.47. The lowest BCUT2D eigenvalue weighted by Gasteiger charge is -2.18. The standard InChI is InChI=1S/C17H26N2O/c1-4-16(14-15-10-8-7-9-11-15)17(20)18-12-13-19(5-2)6-3/h7-11,14H,4-6,12-13H2,1-3H3,(H,18,20). The number of carbonyl (C=O) groups excluding carboxylic acids is 1. The molecule has 0 saturated carbocycles. The van der Waals surface area contributed by atoms with E-state index in [1.807, 2.05) is 43.3 Å². The summed E-state index contributed by atoms with van der Waals surface area (Å²) >= 11 is 0. The minimum Gasteiger partial charge on any atom is -0.351 e. The normalized spacial score (nSPS) is 11.7. The van der Waals surface area contributed by atoms with E-state index in [0.717, 1.165) is 37.2 Å². The molecule has 20 heavy (non-hydrogen) atoms. The van der Waals surface area contributed by atoms with Crippen molar-refractivity contribution in [1.29, 1.82) is 0 Å². The summed E-state index contributed by atoms with van der Waals surface area (Å²) in [6.07, 6.45) is 2.71. The zero-order valence-electron chi connectivity index (χ0n) is 12.9. The number of rotatable bonds is 8. The van der Waals surface area contributed by atoms with Gasteiger partial charge in [0.1, 0.15) is 0 Å². The lowest BCUT2D eigenvalue weighted by atomic mass is 10.1. The van der Waals surface area contributed by atoms with Gasteiger partial charge in [-0.15, -0.1) is 0 Å². The van der Waals surface area contributed by atoms with Gasteiger partial charge in [-0.05, 0) is 31.1 Å². The molecule has 0 aliphatic heterocycles. The van der Waals surface area contributed by atoms with E-state index in [1.54, 1.807) is 0 Å². The van der Waals surface area contributed by atoms with Crippen molar-refractivity contribution < 1.29 is 4.79 Å². The number of nitrogens with zero attached hydrogens (tertiary/aromatic N) is 1. The maximum Gasteiger partial charge on any atom is 0.247 e. The second kappa shape index (κ2) is 9.32. The Morgan fingerprint density at radius 3 is 2.35 bits per heavy atom. The quantitative estimate of drug-likeness (QED) is 0.739. The molecule has 0 radical (unpaired) electrons. The first kappa shape index (κ1) is 16.4. The molecule has 0 aliphatic rings. The van der Waals surface area contributed by atoms with Crippen LogP contribution in [0.1, 0.15) is 32.8 Å². The van der Waals surface area contributed by atoms with E-state index in [-0.39, 0.29) is 5.91 Å². The molecule has 0 unspecified atom stereocenters. The molecule has 3 nitrogen and oxygen atoms in total. The van der Waals surface area contributed by atoms with E-state index < -0.39 is 0 Å². The van der Waals surface area contributed by atoms with Crippen LogP contribution in [0.2, 0.25) is 0 Å². The van der Waals surface area contributed by atoms with Gasteiger partial charge in [-0.1, -0.05) is 51.1 Å². The van der Waals surface area contributed by atoms with Crippen molar-refractivity contribution >= 4 is 12.0 Å². The fraction of sp³-hybridized carbons (Fsp3) is 0.471. The fourth-order valence-corrected chi connectivity index (χ4v) is 2.06. The Kier molecular flexibility index (Phi) is 7.66. The number of amides is 1. The average Bonchev–Trinajstić information content (AvgIpc) is 2.50. The van der Waals surface area contributed by atoms with Gasteiger partial charge in [0.05, 0.1) is 0 Å². The molecule has 0 spiro atoms. The number of hydrogen-bond donors (Lipinski definition) is 1. The van der Waals surface area contributed by atoms with E-state index in [2.05, 4.69) is 24.1 Å². The Labute approximate surface area is 122 Å². The first-order valence-corrected chi connectivity index (χ1v) is 7.47. The van der Waals surface area contributed by atoms with Gasteiger partial charge in [0, 0.05) is 18.7 Å². The summed E-state index contributed by atoms with van der Waals surface area (Å²) in [6.45, 7) is 9.93. The van der Waals surface area contributed by atoms with Crippen molar-refractivity contribution in [3.05, 3.63) is 41.5 Å². The topological polar surface area (TPSA) is 32.3 Å². The van der Waals surface area contributed by atoms with Crippen LogP contribution in [0.4, 0.5) is 0 Å². The van der Waals surface area contributed by atoms with Gasteiger partial charge in [0.2, 0.25) is 5.91 Å². The van der Waals surface area contributed by atoms with Crippen LogP contribution in [0.3, 0.4) is 0 Å². The van der Waals surface area contributed by atoms with Crippen molar-refractivity contribution in [3.63, 3.8) is 0 Å². The molecule has 1 rings (SSSR count). The van der Waals surface area contributed by atoms with Crippen LogP contribution < -0.4 is 5.32 Å². The smallest absolute Gasteiger partial charge is 0.247 e. The number of benzene rings is 1. The predicted molar refractivity (Wildman–Crippen MR) is 85.5 cm³/mol. The second-order valence-electron chi connectivity index (χ2n) is 4.72. The number of nitrogens with one attached hydrogen (secondary N) is 1. The first-order chi connectivity index (χ1) is 9.71. The molecule has 1 amide bonds. The van der Waals surface area contributed by atoms with Crippen LogP contribution in [-0.2, 0) is 4.79 Å². The van der Waals surface area contributed by atoms with Gasteiger partial charge in [-0.3, -0.25) is 4.79 Å². The van der Waals surface area contributed by atoms with Crippen molar-refractivity contribution in [3.8, 4) is 0 Å². The Morgan fingerprint density at radius 1 is 1.15 bits per heavy atom. The zero-order valence-corrected chi connectivity index (χ0v) is 12.9. The van der Waals surface area contributed by atoms with E-state index >= 15 is 0 Å². The molecular weight excluding hydrogens is 248 g/mol. The zero-order chi connectivity index (χ0) is 14.8. The minimum absolute atomic E-state index is 0.0449. The molecule has 0 saturated heterocycles. The molecule has 0 heterocycles. The largest absolute Gasteiger partial charge is 0.351 e. The van der Waals surface area contributed by atoms with Gasteiger partial charge in [0.25, 0.3) is 0 Å². The summed E-state index contributed by atoms with van der Waals surface area (Å²) in [5.41, 5.74) is 1.90. The van der Waals surface area contributed by atoms with Crippen LogP contribution in [0, 0.1) is 0 Å². The fourth-order valence-electron chi connectivity index (χ4n) is 2.06. The Bertz CT molecular complexity index is 422. The van der Waals surface area contributed by atoms with Crippen molar-refractivity contribution in [2.45, 2.75) is 27.2 Å².